The van der Waals surface area contributed by atoms with Crippen LogP contribution in [0.25, 0.3) is 0 Å². The van der Waals surface area contributed by atoms with E-state index in [1.807, 2.05) is 18.2 Å². The molecule has 2 aromatic carbocycles. The molecule has 2 N–H and O–H groups in total. The summed E-state index contributed by atoms with van der Waals surface area (Å²) in [7, 11) is 2.08. The molecule has 3 heteroatoms. The first-order valence-electron chi connectivity index (χ1n) is 6.29. The SMILES string of the molecule is Cc1cc(C)cc(N(C)Cc2ccc(N)c(Cl)c2)c1. The first-order chi connectivity index (χ1) is 8.95. The molecule has 2 aromatic rings. The van der Waals surface area contributed by atoms with E-state index in [0.717, 1.165) is 12.1 Å². The fourth-order valence-corrected chi connectivity index (χ4v) is 2.41. The molecule has 0 aliphatic heterocycles. The molecule has 0 radical (unpaired) electrons. The van der Waals surface area contributed by atoms with Crippen LogP contribution in [0.5, 0.6) is 0 Å². The predicted octanol–water partition coefficient (Wildman–Crippen LogP) is 4.18. The van der Waals surface area contributed by atoms with Gasteiger partial charge >= 0.3 is 0 Å². The smallest absolute Gasteiger partial charge is 0.0638 e. The molecular formula is C16H19ClN2. The van der Waals surface area contributed by atoms with Crippen LogP contribution in [0.15, 0.2) is 36.4 Å². The molecule has 100 valence electrons. The zero-order chi connectivity index (χ0) is 14.0. The van der Waals surface area contributed by atoms with Crippen molar-refractivity contribution >= 4 is 23.0 Å². The second-order valence-electron chi connectivity index (χ2n) is 5.06. The van der Waals surface area contributed by atoms with Crippen LogP contribution in [-0.2, 0) is 6.54 Å². The monoisotopic (exact) mass is 274 g/mol. The van der Waals surface area contributed by atoms with E-state index in [9.17, 15) is 0 Å². The lowest BCUT2D eigenvalue weighted by Gasteiger charge is -2.21. The lowest BCUT2D eigenvalue weighted by Crippen LogP contribution is -2.16. The summed E-state index contributed by atoms with van der Waals surface area (Å²) >= 11 is 6.05. The molecule has 0 aromatic heterocycles. The number of nitrogen functional groups attached to an aromatic ring is 1. The van der Waals surface area contributed by atoms with E-state index >= 15 is 0 Å². The summed E-state index contributed by atoms with van der Waals surface area (Å²) in [5.41, 5.74) is 11.3. The molecule has 19 heavy (non-hydrogen) atoms. The number of hydrogen-bond donors (Lipinski definition) is 1. The van der Waals surface area contributed by atoms with Crippen molar-refractivity contribution in [2.24, 2.45) is 0 Å². The highest BCUT2D eigenvalue weighted by molar-refractivity contribution is 6.33. The summed E-state index contributed by atoms with van der Waals surface area (Å²) in [6.07, 6.45) is 0. The Morgan fingerprint density at radius 1 is 1.05 bits per heavy atom. The van der Waals surface area contributed by atoms with Gasteiger partial charge < -0.3 is 10.6 Å². The number of rotatable bonds is 3. The summed E-state index contributed by atoms with van der Waals surface area (Å²) in [6, 6.07) is 12.3. The number of halogens is 1. The van der Waals surface area contributed by atoms with Gasteiger partial charge in [-0.15, -0.1) is 0 Å². The van der Waals surface area contributed by atoms with Gasteiger partial charge in [0.05, 0.1) is 10.7 Å². The number of hydrogen-bond acceptors (Lipinski definition) is 2. The number of benzene rings is 2. The van der Waals surface area contributed by atoms with E-state index in [4.69, 9.17) is 17.3 Å². The van der Waals surface area contributed by atoms with Gasteiger partial charge in [-0.25, -0.2) is 0 Å². The van der Waals surface area contributed by atoms with E-state index in [2.05, 4.69) is 44.0 Å². The van der Waals surface area contributed by atoms with Crippen molar-refractivity contribution in [3.8, 4) is 0 Å². The zero-order valence-electron chi connectivity index (χ0n) is 11.6. The van der Waals surface area contributed by atoms with E-state index in [1.54, 1.807) is 0 Å². The average Bonchev–Trinajstić information content (AvgIpc) is 2.32. The molecule has 0 fully saturated rings. The average molecular weight is 275 g/mol. The zero-order valence-corrected chi connectivity index (χ0v) is 12.3. The largest absolute Gasteiger partial charge is 0.398 e. The molecule has 0 amide bonds. The maximum absolute atomic E-state index is 6.05. The van der Waals surface area contributed by atoms with E-state index in [-0.39, 0.29) is 0 Å². The minimum absolute atomic E-state index is 0.617. The van der Waals surface area contributed by atoms with Crippen LogP contribution in [-0.4, -0.2) is 7.05 Å². The Balaban J connectivity index is 2.20. The molecule has 0 aliphatic rings. The molecule has 0 unspecified atom stereocenters. The molecule has 0 saturated heterocycles. The van der Waals surface area contributed by atoms with Gasteiger partial charge in [0, 0.05) is 19.3 Å². The molecule has 2 nitrogen and oxygen atoms in total. The molecular weight excluding hydrogens is 256 g/mol. The van der Waals surface area contributed by atoms with E-state index < -0.39 is 0 Å². The van der Waals surface area contributed by atoms with Crippen LogP contribution in [0.3, 0.4) is 0 Å². The van der Waals surface area contributed by atoms with Gasteiger partial charge in [-0.05, 0) is 54.8 Å². The Hall–Kier alpha value is -1.67. The first-order valence-corrected chi connectivity index (χ1v) is 6.67. The summed E-state index contributed by atoms with van der Waals surface area (Å²) in [4.78, 5) is 2.21. The normalized spacial score (nSPS) is 10.5. The Kier molecular flexibility index (Phi) is 4.01. The van der Waals surface area contributed by atoms with Crippen molar-refractivity contribution in [2.75, 3.05) is 17.7 Å². The lowest BCUT2D eigenvalue weighted by atomic mass is 10.1. The number of aryl methyl sites for hydroxylation is 2. The molecule has 0 heterocycles. The van der Waals surface area contributed by atoms with Gasteiger partial charge in [0.15, 0.2) is 0 Å². The minimum Gasteiger partial charge on any atom is -0.398 e. The molecule has 0 bridgehead atoms. The molecule has 2 rings (SSSR count). The lowest BCUT2D eigenvalue weighted by molar-refractivity contribution is 0.921. The topological polar surface area (TPSA) is 29.3 Å². The number of nitrogens with zero attached hydrogens (tertiary/aromatic N) is 1. The van der Waals surface area contributed by atoms with E-state index in [1.165, 1.54) is 16.8 Å². The highest BCUT2D eigenvalue weighted by Gasteiger charge is 2.05. The maximum atomic E-state index is 6.05. The van der Waals surface area contributed by atoms with Crippen LogP contribution < -0.4 is 10.6 Å². The van der Waals surface area contributed by atoms with Gasteiger partial charge in [-0.2, -0.15) is 0 Å². The van der Waals surface area contributed by atoms with Gasteiger partial charge in [0.25, 0.3) is 0 Å². The van der Waals surface area contributed by atoms with Gasteiger partial charge in [0.2, 0.25) is 0 Å². The predicted molar refractivity (Wildman–Crippen MR) is 83.9 cm³/mol. The maximum Gasteiger partial charge on any atom is 0.0638 e. The van der Waals surface area contributed by atoms with Crippen LogP contribution in [0.1, 0.15) is 16.7 Å². The Bertz CT molecular complexity index is 573. The van der Waals surface area contributed by atoms with Crippen molar-refractivity contribution in [1.29, 1.82) is 0 Å². The minimum atomic E-state index is 0.617. The Morgan fingerprint density at radius 3 is 2.26 bits per heavy atom. The van der Waals surface area contributed by atoms with Crippen molar-refractivity contribution in [1.82, 2.24) is 0 Å². The van der Waals surface area contributed by atoms with Crippen LogP contribution in [0.4, 0.5) is 11.4 Å². The highest BCUT2D eigenvalue weighted by atomic mass is 35.5. The molecule has 0 spiro atoms. The van der Waals surface area contributed by atoms with E-state index in [0.29, 0.717) is 10.7 Å². The third-order valence-electron chi connectivity index (χ3n) is 3.13. The molecule has 0 saturated carbocycles. The number of nitrogens with two attached hydrogens (primary N) is 1. The third kappa shape index (κ3) is 3.42. The van der Waals surface area contributed by atoms with Crippen molar-refractivity contribution in [3.63, 3.8) is 0 Å². The molecule has 0 atom stereocenters. The molecule has 0 aliphatic carbocycles. The first kappa shape index (κ1) is 13.8. The summed E-state index contributed by atoms with van der Waals surface area (Å²) in [6.45, 7) is 5.04. The summed E-state index contributed by atoms with van der Waals surface area (Å²) in [5, 5.41) is 0.617. The van der Waals surface area contributed by atoms with Crippen molar-refractivity contribution < 1.29 is 0 Å². The van der Waals surface area contributed by atoms with Gasteiger partial charge in [-0.1, -0.05) is 23.7 Å². The summed E-state index contributed by atoms with van der Waals surface area (Å²) in [5.74, 6) is 0. The van der Waals surface area contributed by atoms with Gasteiger partial charge in [-0.3, -0.25) is 0 Å². The van der Waals surface area contributed by atoms with Crippen molar-refractivity contribution in [3.05, 3.63) is 58.1 Å². The van der Waals surface area contributed by atoms with Crippen LogP contribution >= 0.6 is 11.6 Å². The second kappa shape index (κ2) is 5.54. The third-order valence-corrected chi connectivity index (χ3v) is 3.46. The summed E-state index contributed by atoms with van der Waals surface area (Å²) < 4.78 is 0. The quantitative estimate of drug-likeness (QED) is 0.851. The fourth-order valence-electron chi connectivity index (χ4n) is 2.21. The Labute approximate surface area is 119 Å². The fraction of sp³-hybridized carbons (Fsp3) is 0.250. The van der Waals surface area contributed by atoms with Crippen LogP contribution in [0.2, 0.25) is 5.02 Å². The van der Waals surface area contributed by atoms with Gasteiger partial charge in [0.1, 0.15) is 0 Å². The standard InChI is InChI=1S/C16H19ClN2/c1-11-6-12(2)8-14(7-11)19(3)10-13-4-5-16(18)15(17)9-13/h4-9H,10,18H2,1-3H3. The van der Waals surface area contributed by atoms with Crippen LogP contribution in [0, 0.1) is 13.8 Å². The second-order valence-corrected chi connectivity index (χ2v) is 5.47. The Morgan fingerprint density at radius 2 is 1.68 bits per heavy atom. The highest BCUT2D eigenvalue weighted by Crippen LogP contribution is 2.23. The number of anilines is 2. The van der Waals surface area contributed by atoms with Crippen molar-refractivity contribution in [2.45, 2.75) is 20.4 Å².